The maximum absolute atomic E-state index is 5.69. The molecule has 3 N–H and O–H groups in total. The quantitative estimate of drug-likeness (QED) is 0.635. The number of nitrogens with one attached hydrogen (secondary N) is 1. The lowest BCUT2D eigenvalue weighted by molar-refractivity contribution is 0.490. The summed E-state index contributed by atoms with van der Waals surface area (Å²) in [5.41, 5.74) is 6.83. The highest BCUT2D eigenvalue weighted by atomic mass is 32.1. The lowest BCUT2D eigenvalue weighted by Crippen LogP contribution is -2.37. The number of benzene rings is 1. The predicted molar refractivity (Wildman–Crippen MR) is 85.9 cm³/mol. The molecule has 20 heavy (non-hydrogen) atoms. The van der Waals surface area contributed by atoms with Gasteiger partial charge < -0.3 is 0 Å². The van der Waals surface area contributed by atoms with Crippen molar-refractivity contribution in [3.05, 3.63) is 51.0 Å². The van der Waals surface area contributed by atoms with Crippen LogP contribution in [0.15, 0.2) is 24.3 Å². The summed E-state index contributed by atoms with van der Waals surface area (Å²) in [5.74, 6) is 5.69. The van der Waals surface area contributed by atoms with Gasteiger partial charge in [0.25, 0.3) is 0 Å². The van der Waals surface area contributed by atoms with E-state index >= 15 is 0 Å². The van der Waals surface area contributed by atoms with Crippen LogP contribution >= 0.6 is 11.3 Å². The highest BCUT2D eigenvalue weighted by Gasteiger charge is 2.12. The van der Waals surface area contributed by atoms with Crippen molar-refractivity contribution < 1.29 is 0 Å². The van der Waals surface area contributed by atoms with Gasteiger partial charge in [0.15, 0.2) is 0 Å². The molecular formula is C16H23N3S. The fraction of sp³-hybridized carbons (Fsp3) is 0.438. The standard InChI is InChI=1S/C16H23N3S/c1-11-6-4-5-7-14(11)8-9-15(19-17)10-16-18-12(2)13(3)20-16/h4-7,15,19H,8-10,17H2,1-3H3. The van der Waals surface area contributed by atoms with Gasteiger partial charge in [0.1, 0.15) is 0 Å². The molecule has 0 radical (unpaired) electrons. The van der Waals surface area contributed by atoms with Gasteiger partial charge in [-0.3, -0.25) is 11.3 Å². The molecule has 108 valence electrons. The topological polar surface area (TPSA) is 50.9 Å². The molecule has 0 aliphatic heterocycles. The van der Waals surface area contributed by atoms with Crippen molar-refractivity contribution in [1.29, 1.82) is 0 Å². The number of hydrogen-bond donors (Lipinski definition) is 2. The Kier molecular flexibility index (Phi) is 5.29. The summed E-state index contributed by atoms with van der Waals surface area (Å²) in [6, 6.07) is 8.81. The summed E-state index contributed by atoms with van der Waals surface area (Å²) in [5, 5.41) is 1.17. The molecule has 1 atom stereocenters. The Morgan fingerprint density at radius 2 is 2.00 bits per heavy atom. The zero-order valence-corrected chi connectivity index (χ0v) is 13.3. The molecule has 3 nitrogen and oxygen atoms in total. The van der Waals surface area contributed by atoms with E-state index in [1.54, 1.807) is 11.3 Å². The normalized spacial score (nSPS) is 12.6. The van der Waals surface area contributed by atoms with Crippen molar-refractivity contribution >= 4 is 11.3 Å². The summed E-state index contributed by atoms with van der Waals surface area (Å²) < 4.78 is 0. The second-order valence-corrected chi connectivity index (χ2v) is 6.57. The molecule has 1 unspecified atom stereocenters. The third-order valence-electron chi connectivity index (χ3n) is 3.75. The van der Waals surface area contributed by atoms with Crippen molar-refractivity contribution in [2.75, 3.05) is 0 Å². The van der Waals surface area contributed by atoms with Crippen LogP contribution in [0.2, 0.25) is 0 Å². The minimum atomic E-state index is 0.277. The summed E-state index contributed by atoms with van der Waals surface area (Å²) >= 11 is 1.78. The van der Waals surface area contributed by atoms with Crippen LogP contribution in [0.3, 0.4) is 0 Å². The van der Waals surface area contributed by atoms with Gasteiger partial charge in [-0.25, -0.2) is 4.98 Å². The second-order valence-electron chi connectivity index (χ2n) is 5.28. The molecule has 0 saturated heterocycles. The molecule has 1 heterocycles. The van der Waals surface area contributed by atoms with Gasteiger partial charge in [0.05, 0.1) is 10.7 Å². The maximum atomic E-state index is 5.69. The Morgan fingerprint density at radius 3 is 2.60 bits per heavy atom. The molecule has 0 saturated carbocycles. The Bertz CT molecular complexity index is 543. The highest BCUT2D eigenvalue weighted by Crippen LogP contribution is 2.19. The van der Waals surface area contributed by atoms with E-state index in [0.717, 1.165) is 25.0 Å². The smallest absolute Gasteiger partial charge is 0.0946 e. The number of aromatic nitrogens is 1. The van der Waals surface area contributed by atoms with Gasteiger partial charge in [0.2, 0.25) is 0 Å². The Balaban J connectivity index is 1.94. The Labute approximate surface area is 125 Å². The molecule has 1 aromatic carbocycles. The van der Waals surface area contributed by atoms with E-state index in [1.807, 2.05) is 0 Å². The van der Waals surface area contributed by atoms with E-state index in [0.29, 0.717) is 0 Å². The number of nitrogens with two attached hydrogens (primary N) is 1. The second kappa shape index (κ2) is 6.97. The number of thiazole rings is 1. The molecule has 0 amide bonds. The van der Waals surface area contributed by atoms with E-state index in [4.69, 9.17) is 5.84 Å². The van der Waals surface area contributed by atoms with Gasteiger partial charge in [0, 0.05) is 17.3 Å². The molecule has 2 aromatic rings. The molecule has 0 aliphatic rings. The Hall–Kier alpha value is -1.23. The van der Waals surface area contributed by atoms with Gasteiger partial charge in [-0.15, -0.1) is 11.3 Å². The summed E-state index contributed by atoms with van der Waals surface area (Å²) in [6.45, 7) is 6.34. The molecule has 0 bridgehead atoms. The largest absolute Gasteiger partial charge is 0.271 e. The monoisotopic (exact) mass is 289 g/mol. The van der Waals surface area contributed by atoms with Crippen LogP contribution in [0.1, 0.15) is 33.1 Å². The first kappa shape index (κ1) is 15.2. The van der Waals surface area contributed by atoms with Crippen LogP contribution in [-0.4, -0.2) is 11.0 Å². The molecular weight excluding hydrogens is 266 g/mol. The molecule has 0 fully saturated rings. The minimum Gasteiger partial charge on any atom is -0.271 e. The lowest BCUT2D eigenvalue weighted by Gasteiger charge is -2.15. The number of nitrogens with zero attached hydrogens (tertiary/aromatic N) is 1. The van der Waals surface area contributed by atoms with Crippen molar-refractivity contribution in [3.63, 3.8) is 0 Å². The maximum Gasteiger partial charge on any atom is 0.0946 e. The van der Waals surface area contributed by atoms with Crippen LogP contribution < -0.4 is 11.3 Å². The summed E-state index contributed by atoms with van der Waals surface area (Å²) in [7, 11) is 0. The van der Waals surface area contributed by atoms with Crippen LogP contribution in [-0.2, 0) is 12.8 Å². The molecule has 1 aromatic heterocycles. The number of hydrogen-bond acceptors (Lipinski definition) is 4. The van der Waals surface area contributed by atoms with Crippen LogP contribution in [0.25, 0.3) is 0 Å². The SMILES string of the molecule is Cc1ccccc1CCC(Cc1nc(C)c(C)s1)NN. The van der Waals surface area contributed by atoms with Crippen molar-refractivity contribution in [2.45, 2.75) is 46.1 Å². The van der Waals surface area contributed by atoms with Crippen molar-refractivity contribution in [1.82, 2.24) is 10.4 Å². The summed E-state index contributed by atoms with van der Waals surface area (Å²) in [6.07, 6.45) is 2.98. The highest BCUT2D eigenvalue weighted by molar-refractivity contribution is 7.11. The van der Waals surface area contributed by atoms with Crippen molar-refractivity contribution in [2.24, 2.45) is 5.84 Å². The fourth-order valence-corrected chi connectivity index (χ4v) is 3.32. The first-order valence-electron chi connectivity index (χ1n) is 7.03. The van der Waals surface area contributed by atoms with Crippen LogP contribution in [0.5, 0.6) is 0 Å². The number of rotatable bonds is 6. The van der Waals surface area contributed by atoms with Gasteiger partial charge >= 0.3 is 0 Å². The lowest BCUT2D eigenvalue weighted by atomic mass is 10.00. The Morgan fingerprint density at radius 1 is 1.25 bits per heavy atom. The zero-order chi connectivity index (χ0) is 14.5. The van der Waals surface area contributed by atoms with E-state index in [2.05, 4.69) is 55.4 Å². The van der Waals surface area contributed by atoms with Gasteiger partial charge in [-0.1, -0.05) is 24.3 Å². The van der Waals surface area contributed by atoms with E-state index < -0.39 is 0 Å². The fourth-order valence-electron chi connectivity index (χ4n) is 2.30. The van der Waals surface area contributed by atoms with Crippen LogP contribution in [0.4, 0.5) is 0 Å². The third kappa shape index (κ3) is 3.88. The molecule has 0 spiro atoms. The first-order valence-corrected chi connectivity index (χ1v) is 7.85. The van der Waals surface area contributed by atoms with Crippen molar-refractivity contribution in [3.8, 4) is 0 Å². The first-order chi connectivity index (χ1) is 9.60. The van der Waals surface area contributed by atoms with Crippen LogP contribution in [0, 0.1) is 20.8 Å². The molecule has 0 aliphatic carbocycles. The molecule has 4 heteroatoms. The van der Waals surface area contributed by atoms with Gasteiger partial charge in [-0.2, -0.15) is 0 Å². The number of aryl methyl sites for hydroxylation is 4. The molecule has 2 rings (SSSR count). The van der Waals surface area contributed by atoms with E-state index in [1.165, 1.54) is 21.0 Å². The average molecular weight is 289 g/mol. The minimum absolute atomic E-state index is 0.277. The average Bonchev–Trinajstić information content (AvgIpc) is 2.75. The van der Waals surface area contributed by atoms with E-state index in [9.17, 15) is 0 Å². The zero-order valence-electron chi connectivity index (χ0n) is 12.4. The third-order valence-corrected chi connectivity index (χ3v) is 4.85. The van der Waals surface area contributed by atoms with E-state index in [-0.39, 0.29) is 6.04 Å². The number of hydrazine groups is 1. The predicted octanol–water partition coefficient (Wildman–Crippen LogP) is 3.08. The summed E-state index contributed by atoms with van der Waals surface area (Å²) in [4.78, 5) is 5.89. The van der Waals surface area contributed by atoms with Gasteiger partial charge in [-0.05, 0) is 44.7 Å².